The third-order valence-corrected chi connectivity index (χ3v) is 15.8. The molecule has 0 aliphatic carbocycles. The van der Waals surface area contributed by atoms with Gasteiger partial charge in [-0.3, -0.25) is 14.4 Å². The molecule has 0 amide bonds. The fourth-order valence-corrected chi connectivity index (χ4v) is 11.4. The molecule has 15 heteroatoms. The molecule has 6 rings (SSSR count). The van der Waals surface area contributed by atoms with E-state index in [0.717, 1.165) is 44.8 Å². The van der Waals surface area contributed by atoms with E-state index >= 15 is 0 Å². The van der Waals surface area contributed by atoms with Crippen LogP contribution in [0.1, 0.15) is 120 Å². The van der Waals surface area contributed by atoms with Gasteiger partial charge in [0.05, 0.1) is 114 Å². The van der Waals surface area contributed by atoms with Crippen LogP contribution in [0.2, 0.25) is 0 Å². The summed E-state index contributed by atoms with van der Waals surface area (Å²) in [4.78, 5) is 45.3. The highest BCUT2D eigenvalue weighted by atomic mass is 127. The summed E-state index contributed by atoms with van der Waals surface area (Å²) in [6.07, 6.45) is 9.79. The van der Waals surface area contributed by atoms with Crippen LogP contribution in [0.4, 0.5) is 0 Å². The lowest BCUT2D eigenvalue weighted by Crippen LogP contribution is -2.55. The molecule has 14 nitrogen and oxygen atoms in total. The Labute approximate surface area is 396 Å². The monoisotopic (exact) mass is 1020 g/mol. The van der Waals surface area contributed by atoms with E-state index in [2.05, 4.69) is 81.2 Å². The molecule has 0 saturated carbocycles. The van der Waals surface area contributed by atoms with Crippen molar-refractivity contribution in [1.82, 2.24) is 0 Å². The second-order valence-corrected chi connectivity index (χ2v) is 20.4. The maximum atomic E-state index is 11.5. The molecule has 368 valence electrons. The Morgan fingerprint density at radius 2 is 0.875 bits per heavy atom. The lowest BCUT2D eigenvalue weighted by molar-refractivity contribution is -0.237. The maximum absolute atomic E-state index is 11.5. The molecule has 6 aliphatic heterocycles. The molecule has 0 unspecified atom stereocenters. The number of aliphatic hydroxyl groups is 1. The third-order valence-electron chi connectivity index (χ3n) is 15.4. The largest absolute Gasteiger partial charge is 0.469 e. The topological polar surface area (TPSA) is 172 Å². The Kier molecular flexibility index (Phi) is 22.4. The number of fused-ring (bicyclic) bond motifs is 3. The Morgan fingerprint density at radius 3 is 1.19 bits per heavy atom. The molecule has 6 aliphatic rings. The van der Waals surface area contributed by atoms with Gasteiger partial charge in [0.1, 0.15) is 6.29 Å². The van der Waals surface area contributed by atoms with Crippen LogP contribution in [0, 0.1) is 53.3 Å². The zero-order chi connectivity index (χ0) is 47.4. The Hall–Kier alpha value is -1.73. The number of aldehydes is 1. The summed E-state index contributed by atoms with van der Waals surface area (Å²) in [6, 6.07) is 0. The molecule has 6 saturated heterocycles. The lowest BCUT2D eigenvalue weighted by atomic mass is 9.75. The van der Waals surface area contributed by atoms with Crippen LogP contribution in [0.5, 0.6) is 0 Å². The van der Waals surface area contributed by atoms with Crippen LogP contribution in [-0.2, 0) is 61.8 Å². The summed E-state index contributed by atoms with van der Waals surface area (Å²) in [6.45, 7) is 19.4. The Bertz CT molecular complexity index is 1490. The summed E-state index contributed by atoms with van der Waals surface area (Å²) in [5, 5.41) is 9.39. The average Bonchev–Trinajstić information content (AvgIpc) is 3.30. The zero-order valence-electron chi connectivity index (χ0n) is 40.6. The van der Waals surface area contributed by atoms with Crippen molar-refractivity contribution in [2.45, 2.75) is 193 Å². The van der Waals surface area contributed by atoms with Crippen LogP contribution >= 0.6 is 22.6 Å². The van der Waals surface area contributed by atoms with Crippen molar-refractivity contribution in [3.8, 4) is 0 Å². The van der Waals surface area contributed by atoms with Gasteiger partial charge in [-0.2, -0.15) is 0 Å². The number of aliphatic hydroxyl groups excluding tert-OH is 1. The van der Waals surface area contributed by atoms with Crippen LogP contribution in [0.25, 0.3) is 0 Å². The lowest BCUT2D eigenvalue weighted by Gasteiger charge is -2.49. The molecule has 0 spiro atoms. The highest BCUT2D eigenvalue weighted by Crippen LogP contribution is 2.43. The van der Waals surface area contributed by atoms with Gasteiger partial charge < -0.3 is 52.5 Å². The molecule has 0 aromatic carbocycles. The zero-order valence-corrected chi connectivity index (χ0v) is 42.7. The van der Waals surface area contributed by atoms with Crippen molar-refractivity contribution in [2.75, 3.05) is 27.9 Å². The van der Waals surface area contributed by atoms with Crippen LogP contribution in [0.3, 0.4) is 0 Å². The van der Waals surface area contributed by atoms with E-state index in [0.29, 0.717) is 54.8 Å². The molecule has 0 bridgehead atoms. The number of esters is 3. The predicted octanol–water partition coefficient (Wildman–Crippen LogP) is 7.46. The molecular weight excluding hydrogens is 939 g/mol. The first kappa shape index (κ1) is 54.9. The van der Waals surface area contributed by atoms with Gasteiger partial charge in [-0.05, 0) is 78.1 Å². The SMILES string of the molecule is COC(=O)C[C@H]1CC[C@@H]2O[C@@H]([C@@H](C)/C=C/I)[C@@H](C)[C@@H](C)[C@H]2O1.COC(=O)C[C@H]1CC[C@@H]2O[C@@H]([C@@H](C)C=O)[C@@H](C)[C@@H](C)[C@H]2O1.COC(=O)C[C@H]1CC[C@@H]2O[C@@H]([C@@H](C)CO)[C@@H](C)[C@@H](C)[C@H]2O1. The van der Waals surface area contributed by atoms with E-state index in [1.54, 1.807) is 0 Å². The van der Waals surface area contributed by atoms with Gasteiger partial charge in [-0.25, -0.2) is 0 Å². The fraction of sp³-hybridized carbons (Fsp3) is 0.878. The number of carbonyl (C=O) groups excluding carboxylic acids is 4. The normalized spacial score (nSPS) is 40.8. The van der Waals surface area contributed by atoms with E-state index in [-0.39, 0.29) is 116 Å². The smallest absolute Gasteiger partial charge is 0.308 e. The van der Waals surface area contributed by atoms with Crippen molar-refractivity contribution < 1.29 is 66.9 Å². The first-order chi connectivity index (χ1) is 30.4. The van der Waals surface area contributed by atoms with Gasteiger partial charge in [-0.15, -0.1) is 0 Å². The van der Waals surface area contributed by atoms with Crippen molar-refractivity contribution in [1.29, 1.82) is 0 Å². The van der Waals surface area contributed by atoms with Gasteiger partial charge in [-0.1, -0.05) is 91.0 Å². The molecular formula is C49H81IO14. The van der Waals surface area contributed by atoms with Crippen molar-refractivity contribution in [3.63, 3.8) is 0 Å². The van der Waals surface area contributed by atoms with Crippen LogP contribution in [0.15, 0.2) is 10.2 Å². The van der Waals surface area contributed by atoms with Gasteiger partial charge in [0.2, 0.25) is 0 Å². The minimum atomic E-state index is -0.233. The van der Waals surface area contributed by atoms with Gasteiger partial charge in [0.15, 0.2) is 0 Å². The molecule has 0 radical (unpaired) electrons. The maximum Gasteiger partial charge on any atom is 0.308 e. The van der Waals surface area contributed by atoms with E-state index in [4.69, 9.17) is 42.6 Å². The highest BCUT2D eigenvalue weighted by Gasteiger charge is 2.49. The van der Waals surface area contributed by atoms with E-state index in [1.165, 1.54) is 21.3 Å². The first-order valence-electron chi connectivity index (χ1n) is 23.9. The fourth-order valence-electron chi connectivity index (χ4n) is 10.8. The first-order valence-corrected chi connectivity index (χ1v) is 25.1. The summed E-state index contributed by atoms with van der Waals surface area (Å²) in [5.41, 5.74) is 0. The Morgan fingerprint density at radius 1 is 0.547 bits per heavy atom. The Balaban J connectivity index is 0.000000210. The highest BCUT2D eigenvalue weighted by molar-refractivity contribution is 14.1. The standard InChI is InChI=1S/C17H27IO4.C16H28O5.C16H26O5/c1-10(7-8-18)16-11(2)12(3)17-14(22-16)6-5-13(21-17)9-15(19)20-4;2*1-9(8-17)15-10(2)11(3)16-13(21-15)6-5-12(20-16)7-14(18)19-4/h7-8,10-14,16-17H,5-6,9H2,1-4H3;9-13,15-17H,5-8H2,1-4H3;8-13,15-16H,5-7H2,1-4H3/b8-7+;;/t10-,11-,12+,13+,14-,16-,17+;2*9-,10-,11+,12+,13-,15-,16+/m000/s1. The number of hydrogen-bond acceptors (Lipinski definition) is 14. The van der Waals surface area contributed by atoms with Crippen molar-refractivity contribution in [2.24, 2.45) is 53.3 Å². The van der Waals surface area contributed by atoms with Crippen LogP contribution in [-0.4, -0.2) is 130 Å². The second kappa shape index (κ2) is 26.1. The average molecular weight is 1020 g/mol. The quantitative estimate of drug-likeness (QED) is 0.0884. The number of carbonyl (C=O) groups is 4. The molecule has 1 N–H and O–H groups in total. The van der Waals surface area contributed by atoms with Crippen molar-refractivity contribution >= 4 is 46.8 Å². The summed E-state index contributed by atoms with van der Waals surface area (Å²) >= 11 is 2.26. The number of ether oxygens (including phenoxy) is 9. The number of rotatable bonds is 12. The van der Waals surface area contributed by atoms with E-state index in [9.17, 15) is 24.3 Å². The molecule has 6 fully saturated rings. The minimum absolute atomic E-state index is 0.00138. The number of methoxy groups -OCH3 is 3. The molecule has 0 aromatic heterocycles. The van der Waals surface area contributed by atoms with Gasteiger partial charge in [0, 0.05) is 24.4 Å². The summed E-state index contributed by atoms with van der Waals surface area (Å²) < 4.78 is 53.4. The van der Waals surface area contributed by atoms with Gasteiger partial charge >= 0.3 is 17.9 Å². The number of halogens is 1. The number of hydrogen-bond donors (Lipinski definition) is 1. The predicted molar refractivity (Wildman–Crippen MR) is 248 cm³/mol. The summed E-state index contributed by atoms with van der Waals surface area (Å²) in [5.74, 6) is 1.88. The second-order valence-electron chi connectivity index (χ2n) is 19.6. The van der Waals surface area contributed by atoms with Gasteiger partial charge in [0.25, 0.3) is 0 Å². The van der Waals surface area contributed by atoms with E-state index in [1.807, 2.05) is 13.8 Å². The molecule has 21 atom stereocenters. The molecule has 6 heterocycles. The van der Waals surface area contributed by atoms with Crippen LogP contribution < -0.4 is 0 Å². The molecule has 64 heavy (non-hydrogen) atoms. The van der Waals surface area contributed by atoms with E-state index < -0.39 is 0 Å². The third kappa shape index (κ3) is 14.2. The van der Waals surface area contributed by atoms with Crippen molar-refractivity contribution in [3.05, 3.63) is 10.2 Å². The summed E-state index contributed by atoms with van der Waals surface area (Å²) in [7, 11) is 4.23. The minimum Gasteiger partial charge on any atom is -0.469 e. The molecule has 0 aromatic rings.